The van der Waals surface area contributed by atoms with Gasteiger partial charge in [-0.25, -0.2) is 9.97 Å². The first-order chi connectivity index (χ1) is 9.63. The van der Waals surface area contributed by atoms with Gasteiger partial charge in [-0.15, -0.1) is 0 Å². The van der Waals surface area contributed by atoms with Crippen LogP contribution in [0.15, 0.2) is 30.6 Å². The van der Waals surface area contributed by atoms with Crippen LogP contribution in [0.1, 0.15) is 29.3 Å². The number of carbonyl (C=O) groups is 1. The zero-order chi connectivity index (χ0) is 14.5. The summed E-state index contributed by atoms with van der Waals surface area (Å²) in [5, 5.41) is 0. The number of rotatable bonds is 5. The van der Waals surface area contributed by atoms with E-state index in [1.54, 1.807) is 24.3 Å². The Morgan fingerprint density at radius 2 is 2.05 bits per heavy atom. The van der Waals surface area contributed by atoms with E-state index in [1.165, 1.54) is 6.33 Å². The van der Waals surface area contributed by atoms with Gasteiger partial charge in [0.05, 0.1) is 11.1 Å². The maximum atomic E-state index is 11.4. The van der Waals surface area contributed by atoms with E-state index in [4.69, 9.17) is 16.2 Å². The lowest BCUT2D eigenvalue weighted by Gasteiger charge is -2.12. The van der Waals surface area contributed by atoms with Crippen LogP contribution in [0.5, 0.6) is 11.6 Å². The molecule has 0 bridgehead atoms. The second kappa shape index (κ2) is 6.01. The molecule has 0 unspecified atom stereocenters. The number of primary amides is 1. The summed E-state index contributed by atoms with van der Waals surface area (Å²) in [7, 11) is 0. The normalized spacial score (nSPS) is 10.2. The van der Waals surface area contributed by atoms with Crippen LogP contribution in [0.3, 0.4) is 0 Å². The topological polar surface area (TPSA) is 104 Å². The maximum absolute atomic E-state index is 11.4. The molecule has 0 fully saturated rings. The highest BCUT2D eigenvalue weighted by Gasteiger charge is 2.14. The van der Waals surface area contributed by atoms with E-state index >= 15 is 0 Å². The molecule has 20 heavy (non-hydrogen) atoms. The predicted molar refractivity (Wildman–Crippen MR) is 75.5 cm³/mol. The molecule has 0 saturated heterocycles. The van der Waals surface area contributed by atoms with E-state index in [1.807, 2.05) is 6.92 Å². The molecule has 0 aliphatic rings. The number of nitrogen functional groups attached to an aromatic ring is 1. The quantitative estimate of drug-likeness (QED) is 0.865. The highest BCUT2D eigenvalue weighted by molar-refractivity contribution is 5.95. The van der Waals surface area contributed by atoms with Crippen LogP contribution in [0, 0.1) is 0 Å². The Morgan fingerprint density at radius 3 is 2.75 bits per heavy atom. The molecule has 1 heterocycles. The number of hydrogen-bond acceptors (Lipinski definition) is 5. The Bertz CT molecular complexity index is 628. The molecule has 4 N–H and O–H groups in total. The molecule has 2 rings (SSSR count). The number of aromatic nitrogens is 2. The minimum absolute atomic E-state index is 0.298. The summed E-state index contributed by atoms with van der Waals surface area (Å²) in [6.07, 6.45) is 2.91. The van der Waals surface area contributed by atoms with Crippen LogP contribution in [-0.4, -0.2) is 15.9 Å². The van der Waals surface area contributed by atoms with Crippen molar-refractivity contribution in [3.63, 3.8) is 0 Å². The predicted octanol–water partition coefficient (Wildman–Crippen LogP) is 1.90. The second-order valence-electron chi connectivity index (χ2n) is 4.26. The van der Waals surface area contributed by atoms with Crippen LogP contribution in [0.25, 0.3) is 0 Å². The van der Waals surface area contributed by atoms with Crippen molar-refractivity contribution in [2.75, 3.05) is 5.73 Å². The van der Waals surface area contributed by atoms with E-state index < -0.39 is 5.91 Å². The first-order valence-corrected chi connectivity index (χ1v) is 6.29. The molecular weight excluding hydrogens is 256 g/mol. The summed E-state index contributed by atoms with van der Waals surface area (Å²) < 4.78 is 5.70. The number of nitrogens with zero attached hydrogens (tertiary/aromatic N) is 2. The van der Waals surface area contributed by atoms with Crippen molar-refractivity contribution >= 4 is 11.7 Å². The van der Waals surface area contributed by atoms with Gasteiger partial charge in [0.1, 0.15) is 17.9 Å². The van der Waals surface area contributed by atoms with Crippen molar-refractivity contribution < 1.29 is 9.53 Å². The van der Waals surface area contributed by atoms with Crippen molar-refractivity contribution in [3.8, 4) is 11.6 Å². The second-order valence-corrected chi connectivity index (χ2v) is 4.26. The highest BCUT2D eigenvalue weighted by Crippen LogP contribution is 2.28. The Morgan fingerprint density at radius 1 is 1.30 bits per heavy atom. The van der Waals surface area contributed by atoms with Crippen LogP contribution in [0.2, 0.25) is 0 Å². The van der Waals surface area contributed by atoms with Crippen LogP contribution in [-0.2, 0) is 6.42 Å². The number of carbonyl (C=O) groups excluding carboxylic acids is 1. The van der Waals surface area contributed by atoms with E-state index in [0.29, 0.717) is 29.4 Å². The molecule has 2 aromatic rings. The fourth-order valence-corrected chi connectivity index (χ4v) is 1.85. The molecule has 104 valence electrons. The summed E-state index contributed by atoms with van der Waals surface area (Å²) in [5.74, 6) is 0.538. The lowest BCUT2D eigenvalue weighted by Crippen LogP contribution is -2.12. The van der Waals surface area contributed by atoms with E-state index in [-0.39, 0.29) is 0 Å². The van der Waals surface area contributed by atoms with Gasteiger partial charge in [-0.2, -0.15) is 0 Å². The summed E-state index contributed by atoms with van der Waals surface area (Å²) in [5.41, 5.74) is 12.2. The van der Waals surface area contributed by atoms with Gasteiger partial charge < -0.3 is 16.2 Å². The molecule has 1 aromatic heterocycles. The zero-order valence-corrected chi connectivity index (χ0v) is 11.2. The molecule has 0 saturated carbocycles. The fourth-order valence-electron chi connectivity index (χ4n) is 1.85. The number of amides is 1. The van der Waals surface area contributed by atoms with Crippen LogP contribution < -0.4 is 16.2 Å². The van der Waals surface area contributed by atoms with Crippen molar-refractivity contribution in [1.82, 2.24) is 9.97 Å². The first-order valence-electron chi connectivity index (χ1n) is 6.29. The number of ether oxygens (including phenoxy) is 1. The van der Waals surface area contributed by atoms with E-state index in [2.05, 4.69) is 9.97 Å². The van der Waals surface area contributed by atoms with Gasteiger partial charge in [0.25, 0.3) is 5.91 Å². The summed E-state index contributed by atoms with van der Waals surface area (Å²) in [4.78, 5) is 19.4. The average Bonchev–Trinajstić information content (AvgIpc) is 2.43. The molecule has 0 atom stereocenters. The molecule has 1 aromatic carbocycles. The summed E-state index contributed by atoms with van der Waals surface area (Å²) in [6, 6.07) is 6.73. The molecule has 6 heteroatoms. The Kier molecular flexibility index (Phi) is 4.14. The Balaban J connectivity index is 2.40. The Hall–Kier alpha value is -2.63. The number of nitrogens with two attached hydrogens (primary N) is 2. The molecule has 0 radical (unpaired) electrons. The third-order valence-electron chi connectivity index (χ3n) is 2.80. The maximum Gasteiger partial charge on any atom is 0.252 e. The average molecular weight is 272 g/mol. The lowest BCUT2D eigenvalue weighted by molar-refractivity contribution is 0.0998. The minimum Gasteiger partial charge on any atom is -0.438 e. The summed E-state index contributed by atoms with van der Waals surface area (Å²) >= 11 is 0. The molecule has 0 spiro atoms. The van der Waals surface area contributed by atoms with Crippen molar-refractivity contribution in [1.29, 1.82) is 0 Å². The third-order valence-corrected chi connectivity index (χ3v) is 2.80. The minimum atomic E-state index is -0.556. The van der Waals surface area contributed by atoms with Crippen molar-refractivity contribution in [2.45, 2.75) is 19.8 Å². The lowest BCUT2D eigenvalue weighted by atomic mass is 10.1. The van der Waals surface area contributed by atoms with Gasteiger partial charge in [-0.1, -0.05) is 25.5 Å². The van der Waals surface area contributed by atoms with Crippen LogP contribution >= 0.6 is 0 Å². The third kappa shape index (κ3) is 2.85. The Labute approximate surface area is 116 Å². The van der Waals surface area contributed by atoms with Gasteiger partial charge >= 0.3 is 0 Å². The standard InChI is InChI=1S/C14H16N4O2/c1-2-5-10-12(15)17-8-18-14(10)20-11-7-4-3-6-9(11)13(16)19/h3-4,6-8H,2,5H2,1H3,(H2,16,19)(H2,15,17,18). The molecule has 1 amide bonds. The number of benzene rings is 1. The summed E-state index contributed by atoms with van der Waals surface area (Å²) in [6.45, 7) is 2.02. The smallest absolute Gasteiger partial charge is 0.252 e. The van der Waals surface area contributed by atoms with Crippen molar-refractivity contribution in [3.05, 3.63) is 41.7 Å². The van der Waals surface area contributed by atoms with Crippen molar-refractivity contribution in [2.24, 2.45) is 5.73 Å². The van der Waals surface area contributed by atoms with E-state index in [9.17, 15) is 4.79 Å². The van der Waals surface area contributed by atoms with Gasteiger partial charge in [-0.3, -0.25) is 4.79 Å². The molecular formula is C14H16N4O2. The largest absolute Gasteiger partial charge is 0.438 e. The SMILES string of the molecule is CCCc1c(N)ncnc1Oc1ccccc1C(N)=O. The number of hydrogen-bond donors (Lipinski definition) is 2. The van der Waals surface area contributed by atoms with Crippen LogP contribution in [0.4, 0.5) is 5.82 Å². The highest BCUT2D eigenvalue weighted by atomic mass is 16.5. The van der Waals surface area contributed by atoms with E-state index in [0.717, 1.165) is 12.0 Å². The number of para-hydroxylation sites is 1. The fraction of sp³-hybridized carbons (Fsp3) is 0.214. The molecule has 0 aliphatic heterocycles. The zero-order valence-electron chi connectivity index (χ0n) is 11.2. The molecule has 0 aliphatic carbocycles. The van der Waals surface area contributed by atoms with Gasteiger partial charge in [0.2, 0.25) is 5.88 Å². The van der Waals surface area contributed by atoms with Gasteiger partial charge in [0.15, 0.2) is 0 Å². The van der Waals surface area contributed by atoms with Gasteiger partial charge in [-0.05, 0) is 18.6 Å². The molecule has 6 nitrogen and oxygen atoms in total. The monoisotopic (exact) mass is 272 g/mol. The first kappa shape index (κ1) is 13.8. The number of anilines is 1. The van der Waals surface area contributed by atoms with Gasteiger partial charge in [0, 0.05) is 0 Å².